The van der Waals surface area contributed by atoms with E-state index in [-0.39, 0.29) is 36.4 Å². The minimum Gasteiger partial charge on any atom is -0.491 e. The topological polar surface area (TPSA) is 140 Å². The number of nitrogens with one attached hydrogen (secondary N) is 2. The molecule has 2 aromatic heterocycles. The molecule has 0 aromatic carbocycles. The second-order valence-corrected chi connectivity index (χ2v) is 8.73. The van der Waals surface area contributed by atoms with Crippen LogP contribution < -0.4 is 25.2 Å². The molecule has 37 heavy (non-hydrogen) atoms. The first-order chi connectivity index (χ1) is 17.6. The fourth-order valence-electron chi connectivity index (χ4n) is 4.23. The molecule has 2 aliphatic heterocycles. The highest BCUT2D eigenvalue weighted by atomic mass is 19.4. The van der Waals surface area contributed by atoms with Gasteiger partial charge in [-0.1, -0.05) is 6.92 Å². The molecule has 0 aliphatic carbocycles. The minimum atomic E-state index is -4.60. The quantitative estimate of drug-likeness (QED) is 0.411. The van der Waals surface area contributed by atoms with Gasteiger partial charge in [0.1, 0.15) is 36.0 Å². The van der Waals surface area contributed by atoms with Gasteiger partial charge in [-0.05, 0) is 31.0 Å². The molecular weight excluding hydrogens is 497 g/mol. The average molecular weight is 525 g/mol. The van der Waals surface area contributed by atoms with Gasteiger partial charge in [-0.2, -0.15) is 13.2 Å². The van der Waals surface area contributed by atoms with E-state index in [0.29, 0.717) is 30.9 Å². The van der Waals surface area contributed by atoms with Crippen LogP contribution in [0, 0.1) is 0 Å². The monoisotopic (exact) mass is 524 g/mol. The fourth-order valence-corrected chi connectivity index (χ4v) is 4.23. The number of fused-ring (bicyclic) bond motifs is 4. The summed E-state index contributed by atoms with van der Waals surface area (Å²) < 4.78 is 44.8. The highest BCUT2D eigenvalue weighted by molar-refractivity contribution is 6.05. The lowest BCUT2D eigenvalue weighted by Gasteiger charge is -2.35. The van der Waals surface area contributed by atoms with Crippen molar-refractivity contribution in [1.82, 2.24) is 15.3 Å². The average Bonchev–Trinajstić information content (AvgIpc) is 3.28. The zero-order valence-corrected chi connectivity index (χ0v) is 19.9. The molecule has 200 valence electrons. The van der Waals surface area contributed by atoms with Crippen molar-refractivity contribution in [2.24, 2.45) is 0 Å². The van der Waals surface area contributed by atoms with Crippen molar-refractivity contribution in [3.63, 3.8) is 0 Å². The van der Waals surface area contributed by atoms with Gasteiger partial charge in [-0.3, -0.25) is 15.0 Å². The van der Waals surface area contributed by atoms with Crippen LogP contribution in [0.2, 0.25) is 0 Å². The van der Waals surface area contributed by atoms with E-state index in [2.05, 4.69) is 15.3 Å². The Morgan fingerprint density at radius 1 is 1.30 bits per heavy atom. The van der Waals surface area contributed by atoms with Crippen LogP contribution in [-0.2, 0) is 0 Å². The molecule has 4 rings (SSSR count). The number of ether oxygens (including phenoxy) is 1. The molecule has 4 heterocycles. The lowest BCUT2D eigenvalue weighted by atomic mass is 10.1. The summed E-state index contributed by atoms with van der Waals surface area (Å²) in [5.74, 6) is -0.377. The van der Waals surface area contributed by atoms with Crippen LogP contribution in [-0.4, -0.2) is 82.8 Å². The first-order valence-corrected chi connectivity index (χ1v) is 11.7. The summed E-state index contributed by atoms with van der Waals surface area (Å²) in [5, 5.41) is 23.0. The van der Waals surface area contributed by atoms with Crippen molar-refractivity contribution in [2.45, 2.75) is 44.1 Å². The molecule has 2 aliphatic rings. The number of urea groups is 1. The molecule has 0 radical (unpaired) electrons. The number of aliphatic hydroxyl groups is 2. The highest BCUT2D eigenvalue weighted by Crippen LogP contribution is 2.39. The van der Waals surface area contributed by atoms with Crippen LogP contribution >= 0.6 is 0 Å². The van der Waals surface area contributed by atoms with E-state index in [1.165, 1.54) is 36.2 Å². The number of pyridine rings is 2. The number of aliphatic hydroxyl groups excluding tert-OH is 2. The number of hydrogen-bond donors (Lipinski definition) is 4. The number of nitrogens with zero attached hydrogens (tertiary/aromatic N) is 4. The molecule has 0 saturated carbocycles. The Hall–Kier alpha value is -3.65. The molecule has 4 N–H and O–H groups in total. The third-order valence-corrected chi connectivity index (χ3v) is 6.13. The fraction of sp³-hybridized carbons (Fsp3) is 0.478. The Morgan fingerprint density at radius 3 is 2.78 bits per heavy atom. The zero-order valence-electron chi connectivity index (χ0n) is 19.9. The normalized spacial score (nSPS) is 18.2. The SMILES string of the molecule is CC[C@@H](NC(=O)c1ccc2c(n1)N(C(=O)Nc1cc(OC[C@H](O)CO)ccn1)[C@H]1CCN2C1)C(F)(F)F. The molecule has 3 amide bonds. The summed E-state index contributed by atoms with van der Waals surface area (Å²) >= 11 is 0. The number of halogens is 3. The van der Waals surface area contributed by atoms with E-state index in [9.17, 15) is 27.9 Å². The third kappa shape index (κ3) is 5.85. The van der Waals surface area contributed by atoms with Crippen molar-refractivity contribution in [2.75, 3.05) is 41.4 Å². The molecule has 3 atom stereocenters. The number of carbonyl (C=O) groups excluding carboxylic acids is 2. The van der Waals surface area contributed by atoms with Gasteiger partial charge < -0.3 is 25.2 Å². The van der Waals surface area contributed by atoms with Gasteiger partial charge >= 0.3 is 12.2 Å². The number of amides is 3. The van der Waals surface area contributed by atoms with Crippen LogP contribution in [0.5, 0.6) is 5.75 Å². The van der Waals surface area contributed by atoms with Crippen LogP contribution in [0.25, 0.3) is 0 Å². The molecule has 1 fully saturated rings. The number of aromatic nitrogens is 2. The van der Waals surface area contributed by atoms with Crippen molar-refractivity contribution in [3.8, 4) is 5.75 Å². The Kier molecular flexibility index (Phi) is 7.68. The number of anilines is 3. The maximum absolute atomic E-state index is 13.3. The summed E-state index contributed by atoms with van der Waals surface area (Å²) in [6.45, 7) is 1.88. The van der Waals surface area contributed by atoms with Gasteiger partial charge in [0.2, 0.25) is 0 Å². The van der Waals surface area contributed by atoms with Gasteiger partial charge in [0.15, 0.2) is 5.82 Å². The van der Waals surface area contributed by atoms with Gasteiger partial charge in [0, 0.05) is 25.4 Å². The van der Waals surface area contributed by atoms with E-state index in [4.69, 9.17) is 9.84 Å². The number of hydrogen-bond acceptors (Lipinski definition) is 8. The van der Waals surface area contributed by atoms with Crippen molar-refractivity contribution >= 4 is 29.3 Å². The van der Waals surface area contributed by atoms with E-state index < -0.39 is 36.9 Å². The van der Waals surface area contributed by atoms with E-state index in [1.54, 1.807) is 6.07 Å². The molecule has 14 heteroatoms. The standard InChI is InChI=1S/C23H27F3N6O5/c1-2-18(23(24,25)26)29-21(35)16-3-4-17-20(28-16)32(13-6-8-31(17)10-13)22(36)30-19-9-15(5-7-27-19)37-12-14(34)11-33/h3-5,7,9,13-14,18,33-34H,2,6,8,10-12H2,1H3,(H,29,35)(H,27,30,36)/t13-,14+,18+/m0/s1. The molecule has 11 nitrogen and oxygen atoms in total. The first-order valence-electron chi connectivity index (χ1n) is 11.7. The lowest BCUT2D eigenvalue weighted by molar-refractivity contribution is -0.153. The minimum absolute atomic E-state index is 0.146. The van der Waals surface area contributed by atoms with Crippen molar-refractivity contribution in [1.29, 1.82) is 0 Å². The largest absolute Gasteiger partial charge is 0.491 e. The second-order valence-electron chi connectivity index (χ2n) is 8.73. The Balaban J connectivity index is 1.55. The predicted molar refractivity (Wildman–Crippen MR) is 127 cm³/mol. The van der Waals surface area contributed by atoms with Crippen LogP contribution in [0.1, 0.15) is 30.3 Å². The molecule has 2 aromatic rings. The van der Waals surface area contributed by atoms with E-state index in [1.807, 2.05) is 10.2 Å². The molecule has 0 spiro atoms. The van der Waals surface area contributed by atoms with Crippen molar-refractivity contribution < 1.29 is 37.7 Å². The summed E-state index contributed by atoms with van der Waals surface area (Å²) in [6, 6.07) is 3.00. The van der Waals surface area contributed by atoms with Crippen LogP contribution in [0.4, 0.5) is 35.3 Å². The highest BCUT2D eigenvalue weighted by Gasteiger charge is 2.42. The number of alkyl halides is 3. The first kappa shape index (κ1) is 26.4. The summed E-state index contributed by atoms with van der Waals surface area (Å²) in [4.78, 5) is 37.7. The van der Waals surface area contributed by atoms with Gasteiger partial charge in [0.25, 0.3) is 5.91 Å². The smallest absolute Gasteiger partial charge is 0.408 e. The van der Waals surface area contributed by atoms with E-state index >= 15 is 0 Å². The maximum Gasteiger partial charge on any atom is 0.408 e. The molecule has 0 unspecified atom stereocenters. The summed E-state index contributed by atoms with van der Waals surface area (Å²) in [7, 11) is 0. The van der Waals surface area contributed by atoms with Gasteiger partial charge in [-0.15, -0.1) is 0 Å². The van der Waals surface area contributed by atoms with Crippen molar-refractivity contribution in [3.05, 3.63) is 36.2 Å². The maximum atomic E-state index is 13.3. The Bertz CT molecular complexity index is 1150. The number of carbonyl (C=O) groups is 2. The van der Waals surface area contributed by atoms with Crippen LogP contribution in [0.3, 0.4) is 0 Å². The van der Waals surface area contributed by atoms with Crippen LogP contribution in [0.15, 0.2) is 30.5 Å². The Morgan fingerprint density at radius 2 is 2.08 bits per heavy atom. The third-order valence-electron chi connectivity index (χ3n) is 6.13. The molecular formula is C23H27F3N6O5. The van der Waals surface area contributed by atoms with E-state index in [0.717, 1.165) is 0 Å². The lowest BCUT2D eigenvalue weighted by Crippen LogP contribution is -2.49. The number of rotatable bonds is 8. The van der Waals surface area contributed by atoms with Gasteiger partial charge in [-0.25, -0.2) is 14.8 Å². The molecule has 1 saturated heterocycles. The summed E-state index contributed by atoms with van der Waals surface area (Å²) in [6.07, 6.45) is -3.98. The van der Waals surface area contributed by atoms with Gasteiger partial charge in [0.05, 0.1) is 18.3 Å². The predicted octanol–water partition coefficient (Wildman–Crippen LogP) is 1.91. The Labute approximate surface area is 210 Å². The zero-order chi connectivity index (χ0) is 26.7. The second kappa shape index (κ2) is 10.8. The molecule has 2 bridgehead atoms. The summed E-state index contributed by atoms with van der Waals surface area (Å²) in [5.41, 5.74) is 0.351.